The van der Waals surface area contributed by atoms with E-state index in [1.165, 1.54) is 12.7 Å². The van der Waals surface area contributed by atoms with Gasteiger partial charge in [-0.2, -0.15) is 0 Å². The van der Waals surface area contributed by atoms with Crippen LogP contribution in [0.3, 0.4) is 0 Å². The molecule has 7 heteroatoms. The van der Waals surface area contributed by atoms with Crippen molar-refractivity contribution >= 4 is 23.8 Å². The van der Waals surface area contributed by atoms with E-state index in [1.807, 2.05) is 78.9 Å². The van der Waals surface area contributed by atoms with Crippen molar-refractivity contribution in [1.82, 2.24) is 9.80 Å². The first-order valence-corrected chi connectivity index (χ1v) is 14.1. The van der Waals surface area contributed by atoms with Crippen LogP contribution in [0.15, 0.2) is 115 Å². The minimum atomic E-state index is -0.543. The second-order valence-corrected chi connectivity index (χ2v) is 10.1. The van der Waals surface area contributed by atoms with E-state index in [1.54, 1.807) is 23.1 Å². The highest BCUT2D eigenvalue weighted by Crippen LogP contribution is 2.32. The topological polar surface area (TPSA) is 71.1 Å². The fourth-order valence-corrected chi connectivity index (χ4v) is 4.93. The first-order chi connectivity index (χ1) is 20.6. The van der Waals surface area contributed by atoms with Crippen LogP contribution in [0.25, 0.3) is 6.08 Å². The number of amides is 2. The van der Waals surface area contributed by atoms with E-state index < -0.39 is 12.1 Å². The van der Waals surface area contributed by atoms with Gasteiger partial charge in [-0.15, -0.1) is 0 Å². The van der Waals surface area contributed by atoms with Crippen LogP contribution in [-0.2, 0) is 4.74 Å². The van der Waals surface area contributed by atoms with Gasteiger partial charge in [0, 0.05) is 38.4 Å². The molecule has 1 aliphatic rings. The summed E-state index contributed by atoms with van der Waals surface area (Å²) in [5, 5.41) is 2.95. The number of esters is 1. The van der Waals surface area contributed by atoms with Gasteiger partial charge in [0.05, 0.1) is 7.11 Å². The van der Waals surface area contributed by atoms with Crippen LogP contribution in [0.5, 0.6) is 5.75 Å². The Hall–Kier alpha value is -4.88. The number of ether oxygens (including phenoxy) is 2. The minimum Gasteiger partial charge on any atom is -0.480 e. The van der Waals surface area contributed by atoms with E-state index in [2.05, 4.69) is 34.5 Å². The average molecular weight is 562 g/mol. The summed E-state index contributed by atoms with van der Waals surface area (Å²) in [6.07, 6.45) is 3.84. The van der Waals surface area contributed by atoms with Crippen LogP contribution in [0.1, 0.15) is 33.2 Å². The number of carbonyl (C=O) groups is 2. The number of hydrogen-bond donors (Lipinski definition) is 1. The summed E-state index contributed by atoms with van der Waals surface area (Å²) < 4.78 is 11.5. The Morgan fingerprint density at radius 1 is 0.810 bits per heavy atom. The number of methoxy groups -OCH3 is 1. The van der Waals surface area contributed by atoms with Gasteiger partial charge in [-0.05, 0) is 34.9 Å². The number of hydrogen-bond acceptors (Lipinski definition) is 5. The van der Waals surface area contributed by atoms with Gasteiger partial charge in [-0.3, -0.25) is 4.90 Å². The van der Waals surface area contributed by atoms with E-state index in [4.69, 9.17) is 9.47 Å². The van der Waals surface area contributed by atoms with E-state index in [0.29, 0.717) is 24.5 Å². The van der Waals surface area contributed by atoms with Gasteiger partial charge >= 0.3 is 12.0 Å². The number of benzene rings is 4. The molecule has 2 amide bonds. The van der Waals surface area contributed by atoms with Crippen molar-refractivity contribution in [2.75, 3.05) is 45.2 Å². The van der Waals surface area contributed by atoms with Crippen molar-refractivity contribution in [3.05, 3.63) is 138 Å². The summed E-state index contributed by atoms with van der Waals surface area (Å²) in [6.45, 7) is 3.64. The molecule has 0 aromatic heterocycles. The van der Waals surface area contributed by atoms with Crippen molar-refractivity contribution in [2.24, 2.45) is 0 Å². The van der Waals surface area contributed by atoms with Crippen molar-refractivity contribution in [1.29, 1.82) is 0 Å². The maximum atomic E-state index is 13.1. The lowest BCUT2D eigenvalue weighted by atomic mass is 10.0. The third-order valence-corrected chi connectivity index (χ3v) is 7.22. The number of nitrogens with one attached hydrogen (secondary N) is 1. The maximum absolute atomic E-state index is 13.1. The lowest BCUT2D eigenvalue weighted by Crippen LogP contribution is -2.49. The Kier molecular flexibility index (Phi) is 9.65. The molecule has 0 atom stereocenters. The number of piperazine rings is 1. The Labute approximate surface area is 247 Å². The number of nitrogens with zero attached hydrogens (tertiary/aromatic N) is 2. The third kappa shape index (κ3) is 7.44. The summed E-state index contributed by atoms with van der Waals surface area (Å²) in [7, 11) is 1.33. The Morgan fingerprint density at radius 2 is 1.40 bits per heavy atom. The maximum Gasteiger partial charge on any atom is 0.341 e. The first kappa shape index (κ1) is 28.6. The molecule has 0 radical (unpaired) electrons. The highest BCUT2D eigenvalue weighted by molar-refractivity contribution is 5.96. The molecule has 0 spiro atoms. The second kappa shape index (κ2) is 14.1. The molecule has 0 saturated carbocycles. The molecular weight excluding hydrogens is 526 g/mol. The normalized spacial score (nSPS) is 13.7. The molecule has 0 aliphatic carbocycles. The van der Waals surface area contributed by atoms with Crippen molar-refractivity contribution in [3.63, 3.8) is 0 Å². The zero-order valence-electron chi connectivity index (χ0n) is 23.7. The Balaban J connectivity index is 1.24. The molecule has 5 rings (SSSR count). The van der Waals surface area contributed by atoms with Crippen LogP contribution in [0, 0.1) is 0 Å². The number of carbonyl (C=O) groups excluding carboxylic acids is 2. The van der Waals surface area contributed by atoms with Crippen LogP contribution < -0.4 is 10.1 Å². The van der Waals surface area contributed by atoms with Crippen molar-refractivity contribution in [2.45, 2.75) is 6.10 Å². The van der Waals surface area contributed by atoms with Gasteiger partial charge in [-0.25, -0.2) is 9.59 Å². The number of urea groups is 1. The predicted octanol–water partition coefficient (Wildman–Crippen LogP) is 6.50. The van der Waals surface area contributed by atoms with Crippen LogP contribution in [-0.4, -0.2) is 61.6 Å². The lowest BCUT2D eigenvalue weighted by molar-refractivity contribution is 0.0594. The van der Waals surface area contributed by atoms with E-state index in [-0.39, 0.29) is 11.6 Å². The van der Waals surface area contributed by atoms with Gasteiger partial charge in [0.2, 0.25) is 0 Å². The highest BCUT2D eigenvalue weighted by Gasteiger charge is 2.23. The summed E-state index contributed by atoms with van der Waals surface area (Å²) >= 11 is 0. The lowest BCUT2D eigenvalue weighted by Gasteiger charge is -2.34. The monoisotopic (exact) mass is 561 g/mol. The van der Waals surface area contributed by atoms with Gasteiger partial charge in [0.25, 0.3) is 0 Å². The molecule has 1 heterocycles. The largest absolute Gasteiger partial charge is 0.480 e. The van der Waals surface area contributed by atoms with Crippen LogP contribution in [0.4, 0.5) is 10.5 Å². The van der Waals surface area contributed by atoms with E-state index in [0.717, 1.165) is 30.8 Å². The summed E-state index contributed by atoms with van der Waals surface area (Å²) in [6, 6.07) is 34.7. The SMILES string of the molecule is COC(=O)c1cc(NC(=O)N2CCN(C/C=C/c3ccccc3)CC2)ccc1OC(c1ccccc1)c1ccccc1. The summed E-state index contributed by atoms with van der Waals surface area (Å²) in [5.41, 5.74) is 3.81. The van der Waals surface area contributed by atoms with Crippen LogP contribution >= 0.6 is 0 Å². The molecule has 214 valence electrons. The standard InChI is InChI=1S/C35H35N3O4/c1-41-34(39)31-26-30(19-20-32(31)42-33(28-15-7-3-8-16-28)29-17-9-4-10-18-29)36-35(40)38-24-22-37(23-25-38)21-11-14-27-12-5-2-6-13-27/h2-20,26,33H,21-25H2,1H3,(H,36,40)/b14-11+. The first-order valence-electron chi connectivity index (χ1n) is 14.1. The molecule has 42 heavy (non-hydrogen) atoms. The average Bonchev–Trinajstić information content (AvgIpc) is 3.05. The fourth-order valence-electron chi connectivity index (χ4n) is 4.93. The van der Waals surface area contributed by atoms with E-state index >= 15 is 0 Å². The molecule has 4 aromatic rings. The zero-order chi connectivity index (χ0) is 29.1. The van der Waals surface area contributed by atoms with E-state index in [9.17, 15) is 9.59 Å². The summed E-state index contributed by atoms with van der Waals surface area (Å²) in [4.78, 5) is 30.0. The van der Waals surface area contributed by atoms with Crippen molar-refractivity contribution in [3.8, 4) is 5.75 Å². The molecule has 1 fully saturated rings. The molecular formula is C35H35N3O4. The Bertz CT molecular complexity index is 1450. The fraction of sp³-hybridized carbons (Fsp3) is 0.200. The van der Waals surface area contributed by atoms with Gasteiger partial charge in [0.1, 0.15) is 17.4 Å². The molecule has 0 unspecified atom stereocenters. The molecule has 1 aliphatic heterocycles. The second-order valence-electron chi connectivity index (χ2n) is 10.1. The van der Waals surface area contributed by atoms with Gasteiger partial charge < -0.3 is 19.7 Å². The minimum absolute atomic E-state index is 0.203. The number of anilines is 1. The molecule has 0 bridgehead atoms. The summed E-state index contributed by atoms with van der Waals surface area (Å²) in [5.74, 6) is -0.173. The van der Waals surface area contributed by atoms with Gasteiger partial charge in [-0.1, -0.05) is 103 Å². The molecule has 1 N–H and O–H groups in total. The third-order valence-electron chi connectivity index (χ3n) is 7.22. The predicted molar refractivity (Wildman–Crippen MR) is 166 cm³/mol. The Morgan fingerprint density at radius 3 is 2.00 bits per heavy atom. The quantitative estimate of drug-likeness (QED) is 0.236. The highest BCUT2D eigenvalue weighted by atomic mass is 16.5. The van der Waals surface area contributed by atoms with Gasteiger partial charge in [0.15, 0.2) is 0 Å². The smallest absolute Gasteiger partial charge is 0.341 e. The van der Waals surface area contributed by atoms with Crippen molar-refractivity contribution < 1.29 is 19.1 Å². The van der Waals surface area contributed by atoms with Crippen LogP contribution in [0.2, 0.25) is 0 Å². The zero-order valence-corrected chi connectivity index (χ0v) is 23.7. The molecule has 1 saturated heterocycles. The molecule has 7 nitrogen and oxygen atoms in total. The molecule has 4 aromatic carbocycles. The number of rotatable bonds is 9.